The lowest BCUT2D eigenvalue weighted by atomic mass is 9.94. The van der Waals surface area contributed by atoms with Crippen LogP contribution >= 0.6 is 0 Å². The monoisotopic (exact) mass is 329 g/mol. The molecule has 126 valence electrons. The molecule has 0 saturated carbocycles. The van der Waals surface area contributed by atoms with Crippen LogP contribution in [0.5, 0.6) is 0 Å². The molecule has 1 N–H and O–H groups in total. The maximum absolute atomic E-state index is 11.3. The van der Waals surface area contributed by atoms with Gasteiger partial charge in [-0.2, -0.15) is 0 Å². The molecule has 0 spiro atoms. The second-order valence-electron chi connectivity index (χ2n) is 7.11. The predicted octanol–water partition coefficient (Wildman–Crippen LogP) is 1.88. The second kappa shape index (κ2) is 6.68. The molecule has 2 rings (SSSR count). The van der Waals surface area contributed by atoms with Gasteiger partial charge in [-0.3, -0.25) is 4.90 Å². The summed E-state index contributed by atoms with van der Waals surface area (Å²) in [6.45, 7) is 8.31. The fourth-order valence-corrected chi connectivity index (χ4v) is 3.15. The predicted molar refractivity (Wildman–Crippen MR) is 86.1 cm³/mol. The minimum absolute atomic E-state index is 0.0512. The van der Waals surface area contributed by atoms with Gasteiger partial charge in [0, 0.05) is 18.0 Å². The molecule has 1 atom stereocenters. The largest absolute Gasteiger partial charge is 0.444 e. The van der Waals surface area contributed by atoms with E-state index in [0.717, 1.165) is 31.6 Å². The van der Waals surface area contributed by atoms with Gasteiger partial charge in [-0.15, -0.1) is 0 Å². The van der Waals surface area contributed by atoms with Crippen LogP contribution < -0.4 is 4.72 Å². The van der Waals surface area contributed by atoms with Crippen LogP contribution in [0.25, 0.3) is 0 Å². The molecule has 6 nitrogen and oxygen atoms in total. The number of hydrogen-bond donors (Lipinski definition) is 1. The highest BCUT2D eigenvalue weighted by Crippen LogP contribution is 2.24. The summed E-state index contributed by atoms with van der Waals surface area (Å²) in [4.78, 5) is 6.64. The van der Waals surface area contributed by atoms with Gasteiger partial charge in [0.2, 0.25) is 15.9 Å². The Morgan fingerprint density at radius 2 is 2.14 bits per heavy atom. The standard InChI is InChI=1S/C15H27N3O3S/c1-15(2,3)13-10-16-14(21-13)11-18-8-6-5-7-12(18)9-17-22(4,19)20/h10,12,17H,5-9,11H2,1-4H3. The number of nitrogens with zero attached hydrogens (tertiary/aromatic N) is 2. The van der Waals surface area contributed by atoms with Gasteiger partial charge in [0.05, 0.1) is 19.0 Å². The maximum Gasteiger partial charge on any atom is 0.208 e. The lowest BCUT2D eigenvalue weighted by Crippen LogP contribution is -2.46. The van der Waals surface area contributed by atoms with Crippen LogP contribution in [-0.2, 0) is 22.0 Å². The van der Waals surface area contributed by atoms with Gasteiger partial charge >= 0.3 is 0 Å². The first-order chi connectivity index (χ1) is 10.1. The first kappa shape index (κ1) is 17.4. The smallest absolute Gasteiger partial charge is 0.208 e. The average Bonchev–Trinajstić information content (AvgIpc) is 2.85. The number of oxazole rings is 1. The van der Waals surface area contributed by atoms with Crippen LogP contribution in [0.1, 0.15) is 51.7 Å². The number of aromatic nitrogens is 1. The molecule has 0 aromatic carbocycles. The molecular weight excluding hydrogens is 302 g/mol. The number of likely N-dealkylation sites (tertiary alicyclic amines) is 1. The molecule has 0 aliphatic carbocycles. The van der Waals surface area contributed by atoms with E-state index in [1.54, 1.807) is 6.20 Å². The van der Waals surface area contributed by atoms with E-state index in [2.05, 4.69) is 35.4 Å². The van der Waals surface area contributed by atoms with E-state index in [1.165, 1.54) is 6.26 Å². The summed E-state index contributed by atoms with van der Waals surface area (Å²) in [5.74, 6) is 1.58. The van der Waals surface area contributed by atoms with Crippen molar-refractivity contribution in [3.8, 4) is 0 Å². The third kappa shape index (κ3) is 5.07. The van der Waals surface area contributed by atoms with Crippen molar-refractivity contribution in [1.82, 2.24) is 14.6 Å². The normalized spacial score (nSPS) is 21.2. The highest BCUT2D eigenvalue weighted by atomic mass is 32.2. The fraction of sp³-hybridized carbons (Fsp3) is 0.800. The van der Waals surface area contributed by atoms with Crippen molar-refractivity contribution >= 4 is 10.0 Å². The molecule has 1 aromatic rings. The molecule has 22 heavy (non-hydrogen) atoms. The highest BCUT2D eigenvalue weighted by molar-refractivity contribution is 7.88. The van der Waals surface area contributed by atoms with Crippen LogP contribution in [0, 0.1) is 0 Å². The summed E-state index contributed by atoms with van der Waals surface area (Å²) in [7, 11) is -3.15. The van der Waals surface area contributed by atoms with E-state index in [4.69, 9.17) is 4.42 Å². The van der Waals surface area contributed by atoms with Crippen LogP contribution in [0.4, 0.5) is 0 Å². The van der Waals surface area contributed by atoms with E-state index in [-0.39, 0.29) is 11.5 Å². The Labute approximate surface area is 133 Å². The number of nitrogens with one attached hydrogen (secondary N) is 1. The van der Waals surface area contributed by atoms with Crippen LogP contribution in [-0.4, -0.2) is 43.7 Å². The number of piperidine rings is 1. The molecule has 1 unspecified atom stereocenters. The summed E-state index contributed by atoms with van der Waals surface area (Å²) in [6.07, 6.45) is 6.25. The first-order valence-electron chi connectivity index (χ1n) is 7.79. The van der Waals surface area contributed by atoms with E-state index < -0.39 is 10.0 Å². The van der Waals surface area contributed by atoms with Gasteiger partial charge in [0.25, 0.3) is 0 Å². The quantitative estimate of drug-likeness (QED) is 0.892. The molecular formula is C15H27N3O3S. The summed E-state index contributed by atoms with van der Waals surface area (Å²) in [5.41, 5.74) is -0.0512. The average molecular weight is 329 g/mol. The number of sulfonamides is 1. The van der Waals surface area contributed by atoms with Gasteiger partial charge in [-0.25, -0.2) is 18.1 Å². The van der Waals surface area contributed by atoms with Crippen molar-refractivity contribution in [3.05, 3.63) is 17.8 Å². The van der Waals surface area contributed by atoms with Crippen molar-refractivity contribution in [2.24, 2.45) is 0 Å². The third-order valence-corrected chi connectivity index (χ3v) is 4.65. The molecule has 0 radical (unpaired) electrons. The molecule has 1 aliphatic heterocycles. The molecule has 1 saturated heterocycles. The Bertz CT molecular complexity index is 589. The third-order valence-electron chi connectivity index (χ3n) is 3.96. The molecule has 1 aliphatic rings. The van der Waals surface area contributed by atoms with Crippen molar-refractivity contribution < 1.29 is 12.8 Å². The summed E-state index contributed by atoms with van der Waals surface area (Å²) in [6, 6.07) is 0.202. The van der Waals surface area contributed by atoms with Gasteiger partial charge in [-0.05, 0) is 19.4 Å². The zero-order valence-electron chi connectivity index (χ0n) is 13.9. The Kier molecular flexibility index (Phi) is 5.29. The summed E-state index contributed by atoms with van der Waals surface area (Å²) in [5, 5.41) is 0. The van der Waals surface area contributed by atoms with Crippen LogP contribution in [0.3, 0.4) is 0 Å². The minimum atomic E-state index is -3.15. The first-order valence-corrected chi connectivity index (χ1v) is 9.68. The van der Waals surface area contributed by atoms with Gasteiger partial charge in [0.15, 0.2) is 0 Å². The molecule has 1 fully saturated rings. The SMILES string of the molecule is CC(C)(C)c1cnc(CN2CCCCC2CNS(C)(=O)=O)o1. The highest BCUT2D eigenvalue weighted by Gasteiger charge is 2.26. The Morgan fingerprint density at radius 1 is 1.41 bits per heavy atom. The van der Waals surface area contributed by atoms with Crippen LogP contribution in [0.15, 0.2) is 10.6 Å². The summed E-state index contributed by atoms with van der Waals surface area (Å²) < 4.78 is 31.1. The zero-order chi connectivity index (χ0) is 16.4. The second-order valence-corrected chi connectivity index (χ2v) is 8.94. The molecule has 2 heterocycles. The van der Waals surface area contributed by atoms with Crippen molar-refractivity contribution in [1.29, 1.82) is 0 Å². The van der Waals surface area contributed by atoms with Gasteiger partial charge in [0.1, 0.15) is 5.76 Å². The Hall–Kier alpha value is -0.920. The Morgan fingerprint density at radius 3 is 2.73 bits per heavy atom. The van der Waals surface area contributed by atoms with E-state index in [9.17, 15) is 8.42 Å². The van der Waals surface area contributed by atoms with Gasteiger partial charge in [-0.1, -0.05) is 27.2 Å². The van der Waals surface area contributed by atoms with E-state index in [0.29, 0.717) is 19.0 Å². The topological polar surface area (TPSA) is 75.4 Å². The minimum Gasteiger partial charge on any atom is -0.444 e. The van der Waals surface area contributed by atoms with Gasteiger partial charge < -0.3 is 4.42 Å². The fourth-order valence-electron chi connectivity index (χ4n) is 2.65. The number of hydrogen-bond acceptors (Lipinski definition) is 5. The van der Waals surface area contributed by atoms with Crippen molar-refractivity contribution in [2.75, 3.05) is 19.3 Å². The molecule has 0 bridgehead atoms. The lowest BCUT2D eigenvalue weighted by molar-refractivity contribution is 0.128. The van der Waals surface area contributed by atoms with Crippen molar-refractivity contribution in [2.45, 2.75) is 58.0 Å². The van der Waals surface area contributed by atoms with E-state index in [1.807, 2.05) is 0 Å². The number of rotatable bonds is 5. The zero-order valence-corrected chi connectivity index (χ0v) is 14.7. The molecule has 7 heteroatoms. The van der Waals surface area contributed by atoms with E-state index >= 15 is 0 Å². The lowest BCUT2D eigenvalue weighted by Gasteiger charge is -2.34. The molecule has 0 amide bonds. The summed E-state index contributed by atoms with van der Waals surface area (Å²) >= 11 is 0. The van der Waals surface area contributed by atoms with Crippen LogP contribution in [0.2, 0.25) is 0 Å². The molecule has 1 aromatic heterocycles. The van der Waals surface area contributed by atoms with Crippen molar-refractivity contribution in [3.63, 3.8) is 0 Å². The Balaban J connectivity index is 2.00. The maximum atomic E-state index is 11.3.